The van der Waals surface area contributed by atoms with E-state index in [9.17, 15) is 15.2 Å². The molecule has 10 heteroatoms. The zero-order valence-electron chi connectivity index (χ0n) is 18.4. The van der Waals surface area contributed by atoms with E-state index in [-0.39, 0.29) is 12.5 Å². The van der Waals surface area contributed by atoms with E-state index in [1.807, 2.05) is 0 Å². The van der Waals surface area contributed by atoms with Crippen molar-refractivity contribution in [2.45, 2.75) is 63.2 Å². The summed E-state index contributed by atoms with van der Waals surface area (Å²) in [7, 11) is 0. The summed E-state index contributed by atoms with van der Waals surface area (Å²) in [6, 6.07) is 3.34. The molecule has 0 bridgehead atoms. The number of carbonyl (C=O) groups is 1. The van der Waals surface area contributed by atoms with Crippen LogP contribution in [-0.4, -0.2) is 88.4 Å². The second-order valence-corrected chi connectivity index (χ2v) is 9.20. The average molecular weight is 442 g/mol. The SMILES string of the molecule is N#CCC1CN(c2nc(OCC3CCCN3C3CC3)nc3c2CCNC3)CCN1C(=O)O. The van der Waals surface area contributed by atoms with Gasteiger partial charge in [0, 0.05) is 43.8 Å². The smallest absolute Gasteiger partial charge is 0.407 e. The quantitative estimate of drug-likeness (QED) is 0.671. The van der Waals surface area contributed by atoms with Crippen LogP contribution < -0.4 is 15.0 Å². The van der Waals surface area contributed by atoms with Gasteiger partial charge in [-0.1, -0.05) is 0 Å². The number of nitrogens with one attached hydrogen (secondary N) is 1. The Labute approximate surface area is 188 Å². The molecule has 5 rings (SSSR count). The fourth-order valence-corrected chi connectivity index (χ4v) is 5.32. The Hall–Kier alpha value is -2.64. The molecule has 32 heavy (non-hydrogen) atoms. The van der Waals surface area contributed by atoms with Crippen LogP contribution in [0, 0.1) is 11.3 Å². The first-order valence-electron chi connectivity index (χ1n) is 11.7. The van der Waals surface area contributed by atoms with E-state index >= 15 is 0 Å². The van der Waals surface area contributed by atoms with Gasteiger partial charge in [0.2, 0.25) is 0 Å². The maximum atomic E-state index is 11.6. The number of hydrogen-bond donors (Lipinski definition) is 2. The third kappa shape index (κ3) is 4.32. The van der Waals surface area contributed by atoms with Crippen molar-refractivity contribution in [1.82, 2.24) is 25.1 Å². The van der Waals surface area contributed by atoms with Crippen LogP contribution in [-0.2, 0) is 13.0 Å². The van der Waals surface area contributed by atoms with Crippen LogP contribution in [0.5, 0.6) is 6.01 Å². The molecule has 2 N–H and O–H groups in total. The average Bonchev–Trinajstić information content (AvgIpc) is 3.54. The molecule has 2 unspecified atom stereocenters. The second-order valence-electron chi connectivity index (χ2n) is 9.20. The molecule has 3 aliphatic heterocycles. The van der Waals surface area contributed by atoms with Gasteiger partial charge in [0.05, 0.1) is 24.2 Å². The van der Waals surface area contributed by atoms with Crippen LogP contribution in [0.25, 0.3) is 0 Å². The number of piperazine rings is 1. The molecule has 0 aromatic carbocycles. The van der Waals surface area contributed by atoms with Crippen LogP contribution in [0.4, 0.5) is 10.6 Å². The Morgan fingerprint density at radius 1 is 1.22 bits per heavy atom. The van der Waals surface area contributed by atoms with E-state index in [1.54, 1.807) is 0 Å². The Morgan fingerprint density at radius 3 is 2.88 bits per heavy atom. The van der Waals surface area contributed by atoms with Gasteiger partial charge in [-0.15, -0.1) is 0 Å². The van der Waals surface area contributed by atoms with Crippen molar-refractivity contribution >= 4 is 11.9 Å². The summed E-state index contributed by atoms with van der Waals surface area (Å²) < 4.78 is 6.15. The van der Waals surface area contributed by atoms with E-state index in [1.165, 1.54) is 24.2 Å². The van der Waals surface area contributed by atoms with Gasteiger partial charge in [-0.2, -0.15) is 15.2 Å². The van der Waals surface area contributed by atoms with Crippen molar-refractivity contribution in [2.75, 3.05) is 44.2 Å². The summed E-state index contributed by atoms with van der Waals surface area (Å²) in [6.45, 7) is 4.65. The first-order chi connectivity index (χ1) is 15.6. The molecule has 1 aromatic heterocycles. The number of hydrogen-bond acceptors (Lipinski definition) is 8. The summed E-state index contributed by atoms with van der Waals surface area (Å²) >= 11 is 0. The number of amides is 1. The first-order valence-corrected chi connectivity index (χ1v) is 11.7. The van der Waals surface area contributed by atoms with E-state index in [0.29, 0.717) is 44.8 Å². The number of anilines is 1. The monoisotopic (exact) mass is 441 g/mol. The third-order valence-electron chi connectivity index (χ3n) is 7.09. The molecule has 0 spiro atoms. The van der Waals surface area contributed by atoms with Gasteiger partial charge in [0.15, 0.2) is 0 Å². The lowest BCUT2D eigenvalue weighted by atomic mass is 10.0. The summed E-state index contributed by atoms with van der Waals surface area (Å²) in [6.07, 6.45) is 4.99. The van der Waals surface area contributed by atoms with E-state index in [4.69, 9.17) is 14.7 Å². The fourth-order valence-electron chi connectivity index (χ4n) is 5.32. The minimum absolute atomic E-state index is 0.166. The van der Waals surface area contributed by atoms with Crippen molar-refractivity contribution in [3.05, 3.63) is 11.3 Å². The van der Waals surface area contributed by atoms with Crippen LogP contribution in [0.2, 0.25) is 0 Å². The van der Waals surface area contributed by atoms with Gasteiger partial charge in [0.25, 0.3) is 0 Å². The number of carboxylic acid groups (broad SMARTS) is 1. The molecule has 1 amide bonds. The van der Waals surface area contributed by atoms with Gasteiger partial charge in [-0.3, -0.25) is 4.90 Å². The molecular formula is C22H31N7O3. The van der Waals surface area contributed by atoms with E-state index in [2.05, 4.69) is 21.2 Å². The molecule has 1 aliphatic carbocycles. The number of aromatic nitrogens is 2. The standard InChI is InChI=1S/C22H31N7O3/c23-7-5-16-13-27(10-11-29(16)22(30)31)20-18-6-8-24-12-19(18)25-21(26-20)32-14-17-2-1-9-28(17)15-3-4-15/h15-17,24H,1-6,8-14H2,(H,30,31). The topological polar surface area (TPSA) is 118 Å². The highest BCUT2D eigenvalue weighted by Gasteiger charge is 2.37. The highest BCUT2D eigenvalue weighted by atomic mass is 16.5. The lowest BCUT2D eigenvalue weighted by molar-refractivity contribution is 0.118. The zero-order chi connectivity index (χ0) is 22.1. The molecule has 0 radical (unpaired) electrons. The van der Waals surface area contributed by atoms with Gasteiger partial charge >= 0.3 is 12.1 Å². The number of nitrogens with zero attached hydrogens (tertiary/aromatic N) is 6. The lowest BCUT2D eigenvalue weighted by Crippen LogP contribution is -2.55. The minimum atomic E-state index is -0.973. The summed E-state index contributed by atoms with van der Waals surface area (Å²) in [5.41, 5.74) is 2.07. The predicted octanol–water partition coefficient (Wildman–Crippen LogP) is 1.21. The predicted molar refractivity (Wildman–Crippen MR) is 117 cm³/mol. The normalized spacial score (nSPS) is 26.0. The Morgan fingerprint density at radius 2 is 2.09 bits per heavy atom. The number of ether oxygens (including phenoxy) is 1. The summed E-state index contributed by atoms with van der Waals surface area (Å²) in [4.78, 5) is 27.2. The van der Waals surface area contributed by atoms with Crippen molar-refractivity contribution in [1.29, 1.82) is 5.26 Å². The first kappa shape index (κ1) is 21.2. The number of likely N-dealkylation sites (tertiary alicyclic amines) is 1. The molecule has 4 heterocycles. The Balaban J connectivity index is 1.35. The second kappa shape index (κ2) is 9.08. The minimum Gasteiger partial charge on any atom is -0.465 e. The maximum Gasteiger partial charge on any atom is 0.407 e. The summed E-state index contributed by atoms with van der Waals surface area (Å²) in [5.74, 6) is 0.838. The number of fused-ring (bicyclic) bond motifs is 1. The molecule has 1 aromatic rings. The molecule has 2 atom stereocenters. The molecule has 2 saturated heterocycles. The van der Waals surface area contributed by atoms with Gasteiger partial charge in [-0.25, -0.2) is 4.79 Å². The Bertz CT molecular complexity index is 900. The molecule has 10 nitrogen and oxygen atoms in total. The zero-order valence-corrected chi connectivity index (χ0v) is 18.4. The van der Waals surface area contributed by atoms with Crippen LogP contribution >= 0.6 is 0 Å². The largest absolute Gasteiger partial charge is 0.465 e. The maximum absolute atomic E-state index is 11.6. The summed E-state index contributed by atoms with van der Waals surface area (Å²) in [5, 5.41) is 22.1. The van der Waals surface area contributed by atoms with Gasteiger partial charge in [-0.05, 0) is 45.2 Å². The van der Waals surface area contributed by atoms with E-state index < -0.39 is 6.09 Å². The van der Waals surface area contributed by atoms with Crippen molar-refractivity contribution in [3.8, 4) is 12.1 Å². The lowest BCUT2D eigenvalue weighted by Gasteiger charge is -2.40. The molecule has 3 fully saturated rings. The Kier molecular flexibility index (Phi) is 6.02. The third-order valence-corrected chi connectivity index (χ3v) is 7.09. The van der Waals surface area contributed by atoms with Gasteiger partial charge in [0.1, 0.15) is 12.4 Å². The fraction of sp³-hybridized carbons (Fsp3) is 0.727. The van der Waals surface area contributed by atoms with Crippen LogP contribution in [0.1, 0.15) is 43.4 Å². The molecule has 172 valence electrons. The highest BCUT2D eigenvalue weighted by Crippen LogP contribution is 2.34. The van der Waals surface area contributed by atoms with E-state index in [0.717, 1.165) is 49.0 Å². The molecule has 1 saturated carbocycles. The van der Waals surface area contributed by atoms with Crippen LogP contribution in [0.15, 0.2) is 0 Å². The van der Waals surface area contributed by atoms with Crippen molar-refractivity contribution in [3.63, 3.8) is 0 Å². The van der Waals surface area contributed by atoms with Crippen molar-refractivity contribution in [2.24, 2.45) is 0 Å². The number of nitriles is 1. The number of rotatable bonds is 6. The van der Waals surface area contributed by atoms with Crippen molar-refractivity contribution < 1.29 is 14.6 Å². The molecular weight excluding hydrogens is 410 g/mol. The highest BCUT2D eigenvalue weighted by molar-refractivity contribution is 5.66. The van der Waals surface area contributed by atoms with Gasteiger partial charge < -0.3 is 25.0 Å². The van der Waals surface area contributed by atoms with Crippen LogP contribution in [0.3, 0.4) is 0 Å². The molecule has 4 aliphatic rings.